The van der Waals surface area contributed by atoms with Crippen molar-refractivity contribution in [2.45, 2.75) is 19.6 Å². The maximum Gasteiger partial charge on any atom is 0.106 e. The number of aliphatic hydroxyl groups excluding tert-OH is 1. The van der Waals surface area contributed by atoms with Crippen LogP contribution in [0.4, 0.5) is 0 Å². The molecule has 5 heteroatoms. The number of rotatable bonds is 4. The molecule has 1 atom stereocenters. The summed E-state index contributed by atoms with van der Waals surface area (Å²) in [6, 6.07) is 0. The molecule has 1 heterocycles. The van der Waals surface area contributed by atoms with Gasteiger partial charge in [0.05, 0.1) is 16.4 Å². The van der Waals surface area contributed by atoms with Crippen LogP contribution in [0.25, 0.3) is 0 Å². The molecule has 1 rings (SSSR count). The van der Waals surface area contributed by atoms with Crippen LogP contribution in [0.1, 0.15) is 18.7 Å². The molecule has 13 heavy (non-hydrogen) atoms. The standard InChI is InChI=1S/C8H13BrN2OS/c1-3-11-8(6(9)4-10-11)7(12)5-13-2/h4,7,12H,3,5H2,1-2H3. The van der Waals surface area contributed by atoms with Crippen molar-refractivity contribution < 1.29 is 5.11 Å². The lowest BCUT2D eigenvalue weighted by molar-refractivity contribution is 0.191. The molecule has 1 N–H and O–H groups in total. The predicted molar refractivity (Wildman–Crippen MR) is 58.9 cm³/mol. The third-order valence-electron chi connectivity index (χ3n) is 1.77. The lowest BCUT2D eigenvalue weighted by Gasteiger charge is -2.11. The van der Waals surface area contributed by atoms with Gasteiger partial charge in [0.15, 0.2) is 0 Å². The molecule has 0 aliphatic carbocycles. The van der Waals surface area contributed by atoms with E-state index in [1.807, 2.05) is 17.9 Å². The van der Waals surface area contributed by atoms with E-state index in [0.29, 0.717) is 5.75 Å². The maximum absolute atomic E-state index is 9.79. The second-order valence-corrected chi connectivity index (χ2v) is 4.43. The summed E-state index contributed by atoms with van der Waals surface area (Å²) in [5.41, 5.74) is 0.872. The molecule has 74 valence electrons. The Balaban J connectivity index is 2.89. The summed E-state index contributed by atoms with van der Waals surface area (Å²) in [6.07, 6.45) is 3.26. The van der Waals surface area contributed by atoms with Crippen molar-refractivity contribution in [3.8, 4) is 0 Å². The molecule has 0 spiro atoms. The fourth-order valence-corrected chi connectivity index (χ4v) is 2.23. The molecular formula is C8H13BrN2OS. The van der Waals surface area contributed by atoms with Crippen molar-refractivity contribution in [3.05, 3.63) is 16.4 Å². The van der Waals surface area contributed by atoms with Crippen LogP contribution in [0.15, 0.2) is 10.7 Å². The topological polar surface area (TPSA) is 38.0 Å². The summed E-state index contributed by atoms with van der Waals surface area (Å²) >= 11 is 5.00. The Morgan fingerprint density at radius 2 is 2.46 bits per heavy atom. The highest BCUT2D eigenvalue weighted by molar-refractivity contribution is 9.10. The lowest BCUT2D eigenvalue weighted by atomic mass is 10.3. The highest BCUT2D eigenvalue weighted by atomic mass is 79.9. The SMILES string of the molecule is CCn1ncc(Br)c1C(O)CSC. The van der Waals surface area contributed by atoms with E-state index in [-0.39, 0.29) is 0 Å². The third-order valence-corrected chi connectivity index (χ3v) is 3.03. The van der Waals surface area contributed by atoms with Gasteiger partial charge in [0.1, 0.15) is 6.10 Å². The minimum atomic E-state index is -0.438. The van der Waals surface area contributed by atoms with Gasteiger partial charge in [-0.3, -0.25) is 4.68 Å². The van der Waals surface area contributed by atoms with Crippen molar-refractivity contribution in [1.29, 1.82) is 0 Å². The van der Waals surface area contributed by atoms with Gasteiger partial charge in [-0.05, 0) is 29.1 Å². The number of halogens is 1. The Bertz CT molecular complexity index is 277. The molecule has 1 unspecified atom stereocenters. The Hall–Kier alpha value is -0.0000000000000000555. The molecule has 0 amide bonds. The number of nitrogens with zero attached hydrogens (tertiary/aromatic N) is 2. The molecule has 0 aliphatic rings. The molecule has 0 saturated carbocycles. The molecule has 0 aromatic carbocycles. The molecular weight excluding hydrogens is 252 g/mol. The summed E-state index contributed by atoms with van der Waals surface area (Å²) in [7, 11) is 0. The summed E-state index contributed by atoms with van der Waals surface area (Å²) in [5.74, 6) is 0.699. The Morgan fingerprint density at radius 1 is 1.77 bits per heavy atom. The predicted octanol–water partition coefficient (Wildman–Crippen LogP) is 2.06. The first-order valence-corrected chi connectivity index (χ1v) is 6.27. The number of aryl methyl sites for hydroxylation is 1. The van der Waals surface area contributed by atoms with Crippen LogP contribution in [-0.4, -0.2) is 26.9 Å². The Labute approximate surface area is 90.6 Å². The number of hydrogen-bond acceptors (Lipinski definition) is 3. The fraction of sp³-hybridized carbons (Fsp3) is 0.625. The number of aliphatic hydroxyl groups is 1. The normalized spacial score (nSPS) is 13.2. The quantitative estimate of drug-likeness (QED) is 0.905. The van der Waals surface area contributed by atoms with Crippen LogP contribution < -0.4 is 0 Å². The molecule has 0 fully saturated rings. The van der Waals surface area contributed by atoms with Crippen LogP contribution >= 0.6 is 27.7 Å². The zero-order valence-corrected chi connectivity index (χ0v) is 10.1. The van der Waals surface area contributed by atoms with E-state index >= 15 is 0 Å². The second-order valence-electron chi connectivity index (χ2n) is 2.66. The monoisotopic (exact) mass is 264 g/mol. The molecule has 0 radical (unpaired) electrons. The van der Waals surface area contributed by atoms with E-state index in [1.54, 1.807) is 18.0 Å². The minimum absolute atomic E-state index is 0.438. The van der Waals surface area contributed by atoms with Gasteiger partial charge in [-0.2, -0.15) is 16.9 Å². The summed E-state index contributed by atoms with van der Waals surface area (Å²) in [5, 5.41) is 13.9. The molecule has 0 bridgehead atoms. The number of aromatic nitrogens is 2. The van der Waals surface area contributed by atoms with Crippen LogP contribution in [-0.2, 0) is 6.54 Å². The Morgan fingerprint density at radius 3 is 3.00 bits per heavy atom. The van der Waals surface area contributed by atoms with Crippen molar-refractivity contribution in [2.24, 2.45) is 0 Å². The van der Waals surface area contributed by atoms with E-state index in [4.69, 9.17) is 0 Å². The highest BCUT2D eigenvalue weighted by Gasteiger charge is 2.16. The first-order valence-electron chi connectivity index (χ1n) is 4.08. The van der Waals surface area contributed by atoms with Crippen molar-refractivity contribution in [3.63, 3.8) is 0 Å². The molecule has 3 nitrogen and oxygen atoms in total. The fourth-order valence-electron chi connectivity index (χ4n) is 1.19. The summed E-state index contributed by atoms with van der Waals surface area (Å²) in [6.45, 7) is 2.79. The van der Waals surface area contributed by atoms with E-state index in [0.717, 1.165) is 16.7 Å². The van der Waals surface area contributed by atoms with Gasteiger partial charge in [-0.15, -0.1) is 0 Å². The minimum Gasteiger partial charge on any atom is -0.386 e. The third kappa shape index (κ3) is 2.48. The van der Waals surface area contributed by atoms with Gasteiger partial charge in [0.25, 0.3) is 0 Å². The van der Waals surface area contributed by atoms with E-state index in [2.05, 4.69) is 21.0 Å². The lowest BCUT2D eigenvalue weighted by Crippen LogP contribution is -2.10. The van der Waals surface area contributed by atoms with Crippen LogP contribution in [0, 0.1) is 0 Å². The average Bonchev–Trinajstić information content (AvgIpc) is 2.47. The van der Waals surface area contributed by atoms with Crippen LogP contribution in [0.3, 0.4) is 0 Å². The van der Waals surface area contributed by atoms with Crippen molar-refractivity contribution in [2.75, 3.05) is 12.0 Å². The number of hydrogen-bond donors (Lipinski definition) is 1. The van der Waals surface area contributed by atoms with E-state index < -0.39 is 6.10 Å². The van der Waals surface area contributed by atoms with Gasteiger partial charge in [-0.1, -0.05) is 0 Å². The summed E-state index contributed by atoms with van der Waals surface area (Å²) in [4.78, 5) is 0. The van der Waals surface area contributed by atoms with Crippen LogP contribution in [0.2, 0.25) is 0 Å². The average molecular weight is 265 g/mol. The zero-order chi connectivity index (χ0) is 9.84. The maximum atomic E-state index is 9.79. The molecule has 0 saturated heterocycles. The van der Waals surface area contributed by atoms with Crippen LogP contribution in [0.5, 0.6) is 0 Å². The second kappa shape index (κ2) is 5.02. The Kier molecular flexibility index (Phi) is 4.28. The first-order chi connectivity index (χ1) is 6.20. The van der Waals surface area contributed by atoms with E-state index in [1.165, 1.54) is 0 Å². The van der Waals surface area contributed by atoms with Gasteiger partial charge in [0, 0.05) is 12.3 Å². The first kappa shape index (κ1) is 11.1. The van der Waals surface area contributed by atoms with Gasteiger partial charge >= 0.3 is 0 Å². The highest BCUT2D eigenvalue weighted by Crippen LogP contribution is 2.25. The van der Waals surface area contributed by atoms with E-state index in [9.17, 15) is 5.11 Å². The van der Waals surface area contributed by atoms with Gasteiger partial charge in [-0.25, -0.2) is 0 Å². The summed E-state index contributed by atoms with van der Waals surface area (Å²) < 4.78 is 2.70. The molecule has 1 aromatic rings. The largest absolute Gasteiger partial charge is 0.386 e. The smallest absolute Gasteiger partial charge is 0.106 e. The van der Waals surface area contributed by atoms with Crippen molar-refractivity contribution in [1.82, 2.24) is 9.78 Å². The molecule has 1 aromatic heterocycles. The van der Waals surface area contributed by atoms with Gasteiger partial charge in [0.2, 0.25) is 0 Å². The van der Waals surface area contributed by atoms with Crippen molar-refractivity contribution >= 4 is 27.7 Å². The zero-order valence-electron chi connectivity index (χ0n) is 7.70. The number of thioether (sulfide) groups is 1. The molecule has 0 aliphatic heterocycles. The van der Waals surface area contributed by atoms with Gasteiger partial charge < -0.3 is 5.11 Å².